The Balaban J connectivity index is 1.19. The first kappa shape index (κ1) is 20.7. The van der Waals surface area contributed by atoms with Gasteiger partial charge in [-0.2, -0.15) is 0 Å². The molecule has 0 atom stereocenters. The molecule has 1 saturated heterocycles. The van der Waals surface area contributed by atoms with Gasteiger partial charge in [0.1, 0.15) is 5.01 Å². The number of thiazole rings is 1. The summed E-state index contributed by atoms with van der Waals surface area (Å²) < 4.78 is 0. The normalized spacial score (nSPS) is 20.8. The molecule has 2 aliphatic heterocycles. The molecule has 0 bridgehead atoms. The van der Waals surface area contributed by atoms with Crippen molar-refractivity contribution in [3.8, 4) is 10.6 Å². The van der Waals surface area contributed by atoms with Crippen LogP contribution in [0.1, 0.15) is 29.8 Å². The number of amides is 1. The van der Waals surface area contributed by atoms with Crippen LogP contribution in [0, 0.1) is 0 Å². The molecule has 3 heterocycles. The summed E-state index contributed by atoms with van der Waals surface area (Å²) in [7, 11) is 0. The monoisotopic (exact) mass is 464 g/mol. The van der Waals surface area contributed by atoms with E-state index in [4.69, 9.17) is 28.2 Å². The summed E-state index contributed by atoms with van der Waals surface area (Å²) in [6.07, 6.45) is 4.91. The Hall–Kier alpha value is -1.18. The number of rotatable bonds is 4. The van der Waals surface area contributed by atoms with Crippen molar-refractivity contribution < 1.29 is 4.79 Å². The van der Waals surface area contributed by atoms with E-state index in [1.54, 1.807) is 17.4 Å². The summed E-state index contributed by atoms with van der Waals surface area (Å²) in [6.45, 7) is 5.95. The van der Waals surface area contributed by atoms with Crippen molar-refractivity contribution in [1.82, 2.24) is 19.7 Å². The number of hydrogen-bond donors (Lipinski definition) is 0. The molecule has 1 aromatic heterocycles. The number of carbonyl (C=O) groups is 1. The Morgan fingerprint density at radius 3 is 2.63 bits per heavy atom. The third-order valence-electron chi connectivity index (χ3n) is 6.59. The molecular weight excluding hydrogens is 439 g/mol. The Bertz CT molecular complexity index is 937. The van der Waals surface area contributed by atoms with Gasteiger partial charge >= 0.3 is 0 Å². The van der Waals surface area contributed by atoms with Crippen LogP contribution in [0.25, 0.3) is 10.6 Å². The lowest BCUT2D eigenvalue weighted by atomic mass is 9.91. The maximum Gasteiger partial charge on any atom is 0.236 e. The van der Waals surface area contributed by atoms with Crippen molar-refractivity contribution in [3.63, 3.8) is 0 Å². The van der Waals surface area contributed by atoms with Gasteiger partial charge < -0.3 is 4.90 Å². The van der Waals surface area contributed by atoms with Crippen molar-refractivity contribution in [3.05, 3.63) is 38.8 Å². The number of nitrogens with zero attached hydrogens (tertiary/aromatic N) is 4. The number of halogens is 2. The van der Waals surface area contributed by atoms with Crippen LogP contribution in [-0.4, -0.2) is 70.9 Å². The van der Waals surface area contributed by atoms with Crippen LogP contribution >= 0.6 is 34.5 Å². The smallest absolute Gasteiger partial charge is 0.236 e. The molecule has 1 aromatic carbocycles. The molecule has 0 spiro atoms. The minimum absolute atomic E-state index is 0.261. The highest BCUT2D eigenvalue weighted by Gasteiger charge is 2.30. The molecule has 5 rings (SSSR count). The van der Waals surface area contributed by atoms with Crippen LogP contribution in [0.2, 0.25) is 10.0 Å². The minimum Gasteiger partial charge on any atom is -0.339 e. The first-order valence-corrected chi connectivity index (χ1v) is 12.3. The summed E-state index contributed by atoms with van der Waals surface area (Å²) in [5, 5.41) is 2.19. The first-order valence-electron chi connectivity index (χ1n) is 10.7. The molecule has 0 radical (unpaired) electrons. The van der Waals surface area contributed by atoms with Gasteiger partial charge in [0, 0.05) is 67.2 Å². The molecule has 0 unspecified atom stereocenters. The fraction of sp³-hybridized carbons (Fsp3) is 0.545. The number of piperazine rings is 1. The third-order valence-corrected chi connectivity index (χ3v) is 8.25. The van der Waals surface area contributed by atoms with Crippen LogP contribution in [0.5, 0.6) is 0 Å². The van der Waals surface area contributed by atoms with Gasteiger partial charge in [-0.15, -0.1) is 11.3 Å². The Morgan fingerprint density at radius 2 is 1.93 bits per heavy atom. The summed E-state index contributed by atoms with van der Waals surface area (Å²) in [5.74, 6) is 0.261. The second-order valence-electron chi connectivity index (χ2n) is 8.48. The van der Waals surface area contributed by atoms with Gasteiger partial charge in [-0.05, 0) is 31.0 Å². The Labute approximate surface area is 191 Å². The van der Waals surface area contributed by atoms with Crippen molar-refractivity contribution in [1.29, 1.82) is 0 Å². The van der Waals surface area contributed by atoms with Crippen molar-refractivity contribution >= 4 is 40.4 Å². The highest BCUT2D eigenvalue weighted by Crippen LogP contribution is 2.36. The van der Waals surface area contributed by atoms with Gasteiger partial charge in [0.05, 0.1) is 17.3 Å². The molecule has 8 heteroatoms. The van der Waals surface area contributed by atoms with E-state index in [0.717, 1.165) is 68.0 Å². The zero-order valence-corrected chi connectivity index (χ0v) is 19.3. The van der Waals surface area contributed by atoms with Crippen molar-refractivity contribution in [2.75, 3.05) is 39.3 Å². The molecule has 5 nitrogen and oxygen atoms in total. The SMILES string of the molecule is O=C(CN1CCc2nc(-c3ccc(Cl)cc3Cl)sc2C1)N1CCN(C2CCC2)CC1. The predicted octanol–water partition coefficient (Wildman–Crippen LogP) is 4.17. The molecule has 30 heavy (non-hydrogen) atoms. The molecule has 1 aliphatic carbocycles. The van der Waals surface area contributed by atoms with E-state index in [-0.39, 0.29) is 5.91 Å². The van der Waals surface area contributed by atoms with Crippen LogP contribution < -0.4 is 0 Å². The molecule has 0 N–H and O–H groups in total. The van der Waals surface area contributed by atoms with Crippen LogP contribution in [0.4, 0.5) is 0 Å². The molecule has 1 saturated carbocycles. The topological polar surface area (TPSA) is 39.7 Å². The number of carbonyl (C=O) groups excluding carboxylic acids is 1. The first-order chi connectivity index (χ1) is 14.6. The summed E-state index contributed by atoms with van der Waals surface area (Å²) >= 11 is 14.1. The highest BCUT2D eigenvalue weighted by molar-refractivity contribution is 7.15. The van der Waals surface area contributed by atoms with E-state index in [1.807, 2.05) is 12.1 Å². The molecule has 2 aromatic rings. The van der Waals surface area contributed by atoms with Gasteiger partial charge in [-0.25, -0.2) is 4.98 Å². The van der Waals surface area contributed by atoms with Gasteiger partial charge in [0.25, 0.3) is 0 Å². The second kappa shape index (κ2) is 8.75. The zero-order chi connectivity index (χ0) is 20.7. The fourth-order valence-electron chi connectivity index (χ4n) is 4.54. The fourth-order valence-corrected chi connectivity index (χ4v) is 6.28. The average Bonchev–Trinajstić information content (AvgIpc) is 3.10. The average molecular weight is 465 g/mol. The molecular formula is C22H26Cl2N4OS. The Morgan fingerprint density at radius 1 is 1.13 bits per heavy atom. The number of hydrogen-bond acceptors (Lipinski definition) is 5. The van der Waals surface area contributed by atoms with Gasteiger partial charge in [0.2, 0.25) is 5.91 Å². The van der Waals surface area contributed by atoms with Crippen LogP contribution in [0.15, 0.2) is 18.2 Å². The van der Waals surface area contributed by atoms with E-state index in [9.17, 15) is 4.79 Å². The lowest BCUT2D eigenvalue weighted by Gasteiger charge is -2.43. The Kier molecular flexibility index (Phi) is 6.04. The molecule has 160 valence electrons. The lowest BCUT2D eigenvalue weighted by molar-refractivity contribution is -0.135. The quantitative estimate of drug-likeness (QED) is 0.680. The summed E-state index contributed by atoms with van der Waals surface area (Å²) in [6, 6.07) is 6.31. The second-order valence-corrected chi connectivity index (χ2v) is 10.4. The van der Waals surface area contributed by atoms with E-state index >= 15 is 0 Å². The number of aromatic nitrogens is 1. The minimum atomic E-state index is 0.261. The standard InChI is InChI=1S/C22H26Cl2N4OS/c23-15-4-5-17(18(24)12-15)22-25-19-6-7-26(13-20(19)30-22)14-21(29)28-10-8-27(9-11-28)16-2-1-3-16/h4-5,12,16H,1-3,6-11,13-14H2. The maximum atomic E-state index is 12.9. The van der Waals surface area contributed by atoms with E-state index < -0.39 is 0 Å². The maximum absolute atomic E-state index is 12.9. The van der Waals surface area contributed by atoms with Gasteiger partial charge in [0.15, 0.2) is 0 Å². The highest BCUT2D eigenvalue weighted by atomic mass is 35.5. The van der Waals surface area contributed by atoms with Gasteiger partial charge in [-0.1, -0.05) is 29.6 Å². The van der Waals surface area contributed by atoms with Gasteiger partial charge in [-0.3, -0.25) is 14.6 Å². The lowest BCUT2D eigenvalue weighted by Crippen LogP contribution is -2.55. The largest absolute Gasteiger partial charge is 0.339 e. The molecule has 2 fully saturated rings. The molecule has 3 aliphatic rings. The predicted molar refractivity (Wildman–Crippen MR) is 122 cm³/mol. The molecule has 1 amide bonds. The van der Waals surface area contributed by atoms with Crippen LogP contribution in [-0.2, 0) is 17.8 Å². The summed E-state index contributed by atoms with van der Waals surface area (Å²) in [4.78, 5) is 25.8. The van der Waals surface area contributed by atoms with Crippen LogP contribution in [0.3, 0.4) is 0 Å². The third kappa shape index (κ3) is 4.26. The number of benzene rings is 1. The van der Waals surface area contributed by atoms with E-state index in [2.05, 4.69) is 14.7 Å². The van der Waals surface area contributed by atoms with E-state index in [0.29, 0.717) is 16.6 Å². The summed E-state index contributed by atoms with van der Waals surface area (Å²) in [5.41, 5.74) is 2.06. The van der Waals surface area contributed by atoms with E-state index in [1.165, 1.54) is 24.1 Å². The van der Waals surface area contributed by atoms with Crippen molar-refractivity contribution in [2.24, 2.45) is 0 Å². The number of fused-ring (bicyclic) bond motifs is 1. The zero-order valence-electron chi connectivity index (χ0n) is 16.9. The van der Waals surface area contributed by atoms with Crippen molar-refractivity contribution in [2.45, 2.75) is 38.3 Å².